The predicted molar refractivity (Wildman–Crippen MR) is 76.3 cm³/mol. The molecule has 1 atom stereocenters. The molecule has 1 saturated heterocycles. The van der Waals surface area contributed by atoms with E-state index in [-0.39, 0.29) is 24.2 Å². The van der Waals surface area contributed by atoms with Gasteiger partial charge in [0.2, 0.25) is 11.8 Å². The Hall–Kier alpha value is -0.880. The number of carbonyl (C=O) groups is 2. The van der Waals surface area contributed by atoms with Crippen molar-refractivity contribution in [1.29, 1.82) is 0 Å². The van der Waals surface area contributed by atoms with Gasteiger partial charge in [0.15, 0.2) is 0 Å². The molecule has 18 heavy (non-hydrogen) atoms. The van der Waals surface area contributed by atoms with Gasteiger partial charge in [-0.05, 0) is 56.5 Å². The average molecular weight is 376 g/mol. The van der Waals surface area contributed by atoms with E-state index in [2.05, 4.69) is 42.5 Å². The second kappa shape index (κ2) is 5.40. The lowest BCUT2D eigenvalue weighted by Crippen LogP contribution is -2.25. The lowest BCUT2D eigenvalue weighted by atomic mass is 10.1. The van der Waals surface area contributed by atoms with Gasteiger partial charge in [0, 0.05) is 21.9 Å². The van der Waals surface area contributed by atoms with Crippen LogP contribution in [0.15, 0.2) is 21.1 Å². The van der Waals surface area contributed by atoms with Gasteiger partial charge in [-0.1, -0.05) is 0 Å². The van der Waals surface area contributed by atoms with E-state index >= 15 is 0 Å². The van der Waals surface area contributed by atoms with Crippen LogP contribution in [0.5, 0.6) is 0 Å². The first-order valence-corrected chi connectivity index (χ1v) is 7.09. The van der Waals surface area contributed by atoms with Crippen molar-refractivity contribution >= 4 is 49.4 Å². The maximum Gasteiger partial charge on any atom is 0.229 e. The van der Waals surface area contributed by atoms with E-state index in [0.29, 0.717) is 12.2 Å². The van der Waals surface area contributed by atoms with Gasteiger partial charge in [-0.2, -0.15) is 0 Å². The molecule has 0 aliphatic carbocycles. The van der Waals surface area contributed by atoms with Crippen LogP contribution in [-0.2, 0) is 9.59 Å². The summed E-state index contributed by atoms with van der Waals surface area (Å²) in [4.78, 5) is 23.1. The molecule has 1 aliphatic heterocycles. The van der Waals surface area contributed by atoms with E-state index in [4.69, 9.17) is 0 Å². The van der Waals surface area contributed by atoms with Crippen molar-refractivity contribution in [2.75, 3.05) is 11.9 Å². The van der Waals surface area contributed by atoms with Crippen molar-refractivity contribution in [3.63, 3.8) is 0 Å². The van der Waals surface area contributed by atoms with Crippen LogP contribution in [0.3, 0.4) is 0 Å². The van der Waals surface area contributed by atoms with Crippen LogP contribution in [0.2, 0.25) is 0 Å². The van der Waals surface area contributed by atoms with Gasteiger partial charge < -0.3 is 10.6 Å². The van der Waals surface area contributed by atoms with Crippen LogP contribution in [0, 0.1) is 12.8 Å². The summed E-state index contributed by atoms with van der Waals surface area (Å²) in [5, 5.41) is 5.49. The Kier molecular flexibility index (Phi) is 4.07. The largest absolute Gasteiger partial charge is 0.355 e. The molecule has 2 rings (SSSR count). The number of nitrogens with one attached hydrogen (secondary N) is 2. The highest BCUT2D eigenvalue weighted by atomic mass is 79.9. The zero-order chi connectivity index (χ0) is 13.3. The summed E-state index contributed by atoms with van der Waals surface area (Å²) < 4.78 is 1.64. The van der Waals surface area contributed by atoms with Crippen molar-refractivity contribution in [2.45, 2.75) is 13.3 Å². The first kappa shape index (κ1) is 13.5. The van der Waals surface area contributed by atoms with Crippen LogP contribution in [0.25, 0.3) is 0 Å². The Balaban J connectivity index is 2.14. The van der Waals surface area contributed by atoms with E-state index in [1.165, 1.54) is 0 Å². The van der Waals surface area contributed by atoms with Gasteiger partial charge in [0.25, 0.3) is 0 Å². The fourth-order valence-electron chi connectivity index (χ4n) is 1.84. The lowest BCUT2D eigenvalue weighted by Gasteiger charge is -2.13. The zero-order valence-electron chi connectivity index (χ0n) is 9.72. The fourth-order valence-corrected chi connectivity index (χ4v) is 3.45. The summed E-state index contributed by atoms with van der Waals surface area (Å²) in [6, 6.07) is 3.86. The lowest BCUT2D eigenvalue weighted by molar-refractivity contribution is -0.123. The number of halogens is 2. The third-order valence-electron chi connectivity index (χ3n) is 2.78. The number of anilines is 1. The Morgan fingerprint density at radius 2 is 2.00 bits per heavy atom. The van der Waals surface area contributed by atoms with Crippen LogP contribution in [0.1, 0.15) is 12.0 Å². The molecule has 0 bridgehead atoms. The highest BCUT2D eigenvalue weighted by molar-refractivity contribution is 9.11. The maximum atomic E-state index is 12.0. The molecule has 4 nitrogen and oxygen atoms in total. The maximum absolute atomic E-state index is 12.0. The molecule has 0 saturated carbocycles. The van der Waals surface area contributed by atoms with E-state index < -0.39 is 0 Å². The number of rotatable bonds is 2. The number of carbonyl (C=O) groups excluding carboxylic acids is 2. The molecular weight excluding hydrogens is 364 g/mol. The number of benzene rings is 1. The molecule has 1 aromatic carbocycles. The van der Waals surface area contributed by atoms with Crippen molar-refractivity contribution in [2.24, 2.45) is 5.92 Å². The molecule has 2 amide bonds. The van der Waals surface area contributed by atoms with E-state index in [1.807, 2.05) is 19.1 Å². The van der Waals surface area contributed by atoms with E-state index in [0.717, 1.165) is 14.5 Å². The van der Waals surface area contributed by atoms with Gasteiger partial charge in [0.1, 0.15) is 0 Å². The fraction of sp³-hybridized carbons (Fsp3) is 0.333. The van der Waals surface area contributed by atoms with Crippen LogP contribution in [0.4, 0.5) is 5.69 Å². The van der Waals surface area contributed by atoms with Gasteiger partial charge in [0.05, 0.1) is 11.6 Å². The second-order valence-electron chi connectivity index (χ2n) is 4.30. The molecule has 1 heterocycles. The number of amides is 2. The van der Waals surface area contributed by atoms with E-state index in [9.17, 15) is 9.59 Å². The molecule has 2 N–H and O–H groups in total. The number of hydrogen-bond acceptors (Lipinski definition) is 2. The van der Waals surface area contributed by atoms with Crippen molar-refractivity contribution in [3.8, 4) is 0 Å². The molecule has 1 aromatic rings. The van der Waals surface area contributed by atoms with Crippen molar-refractivity contribution in [3.05, 3.63) is 26.6 Å². The predicted octanol–water partition coefficient (Wildman–Crippen LogP) is 2.59. The number of hydrogen-bond donors (Lipinski definition) is 2. The average Bonchev–Trinajstić information content (AvgIpc) is 2.70. The molecule has 0 aromatic heterocycles. The van der Waals surface area contributed by atoms with Crippen LogP contribution >= 0.6 is 31.9 Å². The molecule has 1 aliphatic rings. The van der Waals surface area contributed by atoms with Crippen molar-refractivity contribution < 1.29 is 9.59 Å². The summed E-state index contributed by atoms with van der Waals surface area (Å²) in [5.41, 5.74) is 1.79. The third-order valence-corrected chi connectivity index (χ3v) is 4.03. The topological polar surface area (TPSA) is 58.2 Å². The number of aryl methyl sites for hydroxylation is 1. The highest BCUT2D eigenvalue weighted by Gasteiger charge is 2.28. The first-order valence-electron chi connectivity index (χ1n) is 5.50. The monoisotopic (exact) mass is 374 g/mol. The van der Waals surface area contributed by atoms with Gasteiger partial charge in [-0.15, -0.1) is 0 Å². The third kappa shape index (κ3) is 2.92. The smallest absolute Gasteiger partial charge is 0.229 e. The molecule has 1 fully saturated rings. The Morgan fingerprint density at radius 1 is 1.39 bits per heavy atom. The Labute approximate surface area is 122 Å². The molecule has 1 unspecified atom stereocenters. The van der Waals surface area contributed by atoms with Crippen LogP contribution < -0.4 is 10.6 Å². The molecule has 0 spiro atoms. The quantitative estimate of drug-likeness (QED) is 0.834. The minimum absolute atomic E-state index is 0.0720. The summed E-state index contributed by atoms with van der Waals surface area (Å²) in [6.07, 6.45) is 0.257. The molecular formula is C12H12Br2N2O2. The second-order valence-corrected chi connectivity index (χ2v) is 6.01. The summed E-state index contributed by atoms with van der Waals surface area (Å²) in [6.45, 7) is 2.38. The normalized spacial score (nSPS) is 18.6. The zero-order valence-corrected chi connectivity index (χ0v) is 12.9. The molecule has 0 radical (unpaired) electrons. The molecule has 6 heteroatoms. The summed E-state index contributed by atoms with van der Waals surface area (Å²) in [7, 11) is 0. The van der Waals surface area contributed by atoms with Gasteiger partial charge in [-0.3, -0.25) is 9.59 Å². The van der Waals surface area contributed by atoms with Gasteiger partial charge in [-0.25, -0.2) is 0 Å². The minimum atomic E-state index is -0.294. The molecule has 96 valence electrons. The minimum Gasteiger partial charge on any atom is -0.355 e. The summed E-state index contributed by atoms with van der Waals surface area (Å²) in [5.74, 6) is -0.506. The first-order chi connectivity index (χ1) is 8.47. The summed E-state index contributed by atoms with van der Waals surface area (Å²) >= 11 is 6.84. The Bertz CT molecular complexity index is 494. The van der Waals surface area contributed by atoms with Gasteiger partial charge >= 0.3 is 0 Å². The van der Waals surface area contributed by atoms with Crippen LogP contribution in [-0.4, -0.2) is 18.4 Å². The van der Waals surface area contributed by atoms with E-state index in [1.54, 1.807) is 0 Å². The SMILES string of the molecule is Cc1cc(Br)c(NC(=O)C2CNC(=O)C2)c(Br)c1. The van der Waals surface area contributed by atoms with Crippen molar-refractivity contribution in [1.82, 2.24) is 5.32 Å². The highest BCUT2D eigenvalue weighted by Crippen LogP contribution is 2.32. The Morgan fingerprint density at radius 3 is 2.50 bits per heavy atom. The standard InChI is InChI=1S/C12H12Br2N2O2/c1-6-2-8(13)11(9(14)3-6)16-12(18)7-4-10(17)15-5-7/h2-3,7H,4-5H2,1H3,(H,15,17)(H,16,18).